The molecular formula is C10H2O21V2-10. The summed E-state index contributed by atoms with van der Waals surface area (Å²) in [7, 11) is 0. The fourth-order valence-corrected chi connectivity index (χ4v) is 0. The van der Waals surface area contributed by atoms with Crippen molar-refractivity contribution >= 4 is 59.7 Å². The molecule has 21 nitrogen and oxygen atoms in total. The van der Waals surface area contributed by atoms with Crippen molar-refractivity contribution in [2.24, 2.45) is 0 Å². The van der Waals surface area contributed by atoms with Gasteiger partial charge in [0.2, 0.25) is 0 Å². The van der Waals surface area contributed by atoms with Gasteiger partial charge in [-0.15, -0.1) is 0 Å². The third-order valence-electron chi connectivity index (χ3n) is 0.833. The first-order valence-corrected chi connectivity index (χ1v) is 5.33. The van der Waals surface area contributed by atoms with Crippen molar-refractivity contribution in [2.45, 2.75) is 0 Å². The monoisotopic (exact) mass is 560 g/mol. The first kappa shape index (κ1) is 51.5. The van der Waals surface area contributed by atoms with Gasteiger partial charge in [-0.25, -0.2) is 0 Å². The van der Waals surface area contributed by atoms with Crippen molar-refractivity contribution in [3.05, 3.63) is 0 Å². The van der Waals surface area contributed by atoms with Crippen LogP contribution in [0.5, 0.6) is 0 Å². The average molecular weight is 560 g/mol. The summed E-state index contributed by atoms with van der Waals surface area (Å²) in [5.41, 5.74) is 0. The number of rotatable bonds is 0. The quantitative estimate of drug-likeness (QED) is 0.248. The maximum Gasteiger partial charge on any atom is 0.0870 e. The Morgan fingerprint density at radius 2 is 0.273 bits per heavy atom. The Balaban J connectivity index is -0.0000000386. The Morgan fingerprint density at radius 3 is 0.273 bits per heavy atom. The summed E-state index contributed by atoms with van der Waals surface area (Å²) in [6.07, 6.45) is 0. The molecule has 0 rings (SSSR count). The Labute approximate surface area is 201 Å². The van der Waals surface area contributed by atoms with Gasteiger partial charge in [0.15, 0.2) is 0 Å². The van der Waals surface area contributed by atoms with Gasteiger partial charge in [0.1, 0.15) is 0 Å². The first-order valence-electron chi connectivity index (χ1n) is 5.33. The zero-order chi connectivity index (χ0) is 25.8. The Bertz CT molecular complexity index is 509. The molecule has 0 saturated carbocycles. The zero-order valence-electron chi connectivity index (χ0n) is 14.6. The third kappa shape index (κ3) is 74.1. The van der Waals surface area contributed by atoms with Gasteiger partial charge < -0.3 is 104 Å². The van der Waals surface area contributed by atoms with Crippen LogP contribution in [0.25, 0.3) is 0 Å². The van der Waals surface area contributed by atoms with Crippen LogP contribution in [0.1, 0.15) is 0 Å². The van der Waals surface area contributed by atoms with Crippen LogP contribution in [-0.4, -0.2) is 65.2 Å². The molecule has 0 saturated heterocycles. The number of carbonyl (C=O) groups is 10. The van der Waals surface area contributed by atoms with E-state index in [0.29, 0.717) is 0 Å². The molecule has 0 spiro atoms. The van der Waals surface area contributed by atoms with E-state index in [4.69, 9.17) is 99.0 Å². The van der Waals surface area contributed by atoms with Crippen LogP contribution in [0.2, 0.25) is 0 Å². The van der Waals surface area contributed by atoms with Gasteiger partial charge in [-0.2, -0.15) is 0 Å². The van der Waals surface area contributed by atoms with Gasteiger partial charge in [0.25, 0.3) is 0 Å². The zero-order valence-corrected chi connectivity index (χ0v) is 17.4. The minimum absolute atomic E-state index is 0. The van der Waals surface area contributed by atoms with E-state index >= 15 is 0 Å². The van der Waals surface area contributed by atoms with Gasteiger partial charge in [-0.3, -0.25) is 0 Å². The van der Waals surface area contributed by atoms with E-state index in [2.05, 4.69) is 0 Å². The smallest absolute Gasteiger partial charge is 0.0870 e. The van der Waals surface area contributed by atoms with E-state index in [9.17, 15) is 0 Å². The minimum Gasteiger partial charge on any atom is -0.543 e. The molecule has 0 amide bonds. The number of carboxylic acids is 10. The van der Waals surface area contributed by atoms with Gasteiger partial charge in [-0.1, -0.05) is 0 Å². The van der Waals surface area contributed by atoms with E-state index in [0.717, 1.165) is 0 Å². The molecule has 0 aromatic rings. The first-order chi connectivity index (χ1) is 13.2. The Kier molecular flexibility index (Phi) is 46.8. The number of hydrogen-bond acceptors (Lipinski definition) is 20. The number of carboxylic acid groups (broad SMARTS) is 10. The van der Waals surface area contributed by atoms with Gasteiger partial charge in [0.05, 0.1) is 59.7 Å². The summed E-state index contributed by atoms with van der Waals surface area (Å²) < 4.78 is 0. The average Bonchev–Trinajstić information content (AvgIpc) is 2.56. The summed E-state index contributed by atoms with van der Waals surface area (Å²) in [6.45, 7) is 0. The molecule has 2 radical (unpaired) electrons. The summed E-state index contributed by atoms with van der Waals surface area (Å²) in [4.78, 5) is 89.3. The van der Waals surface area contributed by atoms with E-state index in [1.807, 2.05) is 0 Å². The molecule has 0 atom stereocenters. The largest absolute Gasteiger partial charge is 0.543 e. The molecule has 33 heavy (non-hydrogen) atoms. The topological polar surface area (TPSA) is 433 Å². The second kappa shape index (κ2) is 30.0. The molecule has 188 valence electrons. The van der Waals surface area contributed by atoms with E-state index in [-0.39, 0.29) is 42.6 Å². The van der Waals surface area contributed by atoms with Crippen LogP contribution in [0.3, 0.4) is 0 Å². The molecule has 23 heteroatoms. The predicted octanol–water partition coefficient (Wildman–Crippen LogP) is -18.4. The van der Waals surface area contributed by atoms with Crippen LogP contribution in [0, 0.1) is 0 Å². The molecule has 0 aromatic heterocycles. The van der Waals surface area contributed by atoms with Gasteiger partial charge in [-0.05, 0) is 0 Å². The summed E-state index contributed by atoms with van der Waals surface area (Å²) in [5, 5.41) is 89.3. The SMILES string of the molecule is O.O=C([O-])C(=O)[O-].O=C([O-])C(=O)[O-].O=C([O-])C(=O)[O-].O=C([O-])C(=O)[O-].O=C([O-])C(=O)[O-].[V].[V]. The van der Waals surface area contributed by atoms with E-state index in [1.54, 1.807) is 0 Å². The minimum atomic E-state index is -2.19. The molecule has 2 N–H and O–H groups in total. The van der Waals surface area contributed by atoms with Crippen LogP contribution in [0.4, 0.5) is 0 Å². The van der Waals surface area contributed by atoms with Crippen molar-refractivity contribution in [1.82, 2.24) is 0 Å². The van der Waals surface area contributed by atoms with Crippen LogP contribution < -0.4 is 51.1 Å². The predicted molar refractivity (Wildman–Crippen MR) is 53.7 cm³/mol. The fourth-order valence-electron chi connectivity index (χ4n) is 0. The van der Waals surface area contributed by atoms with Crippen molar-refractivity contribution < 1.29 is 142 Å². The molecule has 0 fully saturated rings. The number of aliphatic carboxylic acids is 10. The van der Waals surface area contributed by atoms with Crippen molar-refractivity contribution in [3.8, 4) is 0 Å². The standard InChI is InChI=1S/5C2H2O4.H2O.2V/c5*3-1(4)2(5)6;;;/h5*(H,3,4)(H,5,6);1H2;;/p-10. The van der Waals surface area contributed by atoms with Gasteiger partial charge >= 0.3 is 0 Å². The van der Waals surface area contributed by atoms with Gasteiger partial charge in [0, 0.05) is 37.1 Å². The summed E-state index contributed by atoms with van der Waals surface area (Å²) in [6, 6.07) is 0. The van der Waals surface area contributed by atoms with E-state index in [1.165, 1.54) is 0 Å². The fraction of sp³-hybridized carbons (Fsp3) is 0. The van der Waals surface area contributed by atoms with Crippen LogP contribution in [-0.2, 0) is 85.1 Å². The summed E-state index contributed by atoms with van der Waals surface area (Å²) >= 11 is 0. The van der Waals surface area contributed by atoms with Crippen LogP contribution >= 0.6 is 0 Å². The van der Waals surface area contributed by atoms with E-state index < -0.39 is 59.7 Å². The molecular weight excluding hydrogens is 558 g/mol. The van der Waals surface area contributed by atoms with Crippen molar-refractivity contribution in [1.29, 1.82) is 0 Å². The maximum atomic E-state index is 8.93. The Morgan fingerprint density at radius 1 is 0.242 bits per heavy atom. The number of hydrogen-bond donors (Lipinski definition) is 0. The molecule has 0 heterocycles. The molecule has 0 aliphatic heterocycles. The second-order valence-corrected chi connectivity index (χ2v) is 2.87. The third-order valence-corrected chi connectivity index (χ3v) is 0.833. The second-order valence-electron chi connectivity index (χ2n) is 2.87. The molecule has 0 aromatic carbocycles. The van der Waals surface area contributed by atoms with Crippen molar-refractivity contribution in [3.63, 3.8) is 0 Å². The van der Waals surface area contributed by atoms with Crippen LogP contribution in [0.15, 0.2) is 0 Å². The van der Waals surface area contributed by atoms with Crippen molar-refractivity contribution in [2.75, 3.05) is 0 Å². The molecule has 0 bridgehead atoms. The maximum absolute atomic E-state index is 8.93. The Hall–Kier alpha value is -4.17. The number of carbonyl (C=O) groups excluding carboxylic acids is 10. The molecule has 0 aliphatic carbocycles. The molecule has 0 unspecified atom stereocenters. The molecule has 0 aliphatic rings. The summed E-state index contributed by atoms with van der Waals surface area (Å²) in [5.74, 6) is -21.9. The normalized spacial score (nSPS) is 6.67.